The number of fused-ring (bicyclic) bond motifs is 1. The molecule has 4 rings (SSSR count). The van der Waals surface area contributed by atoms with Crippen LogP contribution >= 0.6 is 0 Å². The van der Waals surface area contributed by atoms with Gasteiger partial charge in [0.15, 0.2) is 0 Å². The van der Waals surface area contributed by atoms with Crippen LogP contribution in [0.1, 0.15) is 37.6 Å². The van der Waals surface area contributed by atoms with Crippen LogP contribution in [0, 0.1) is 5.92 Å². The molecule has 1 unspecified atom stereocenters. The third-order valence-corrected chi connectivity index (χ3v) is 6.25. The molecule has 1 N–H and O–H groups in total. The van der Waals surface area contributed by atoms with Crippen molar-refractivity contribution in [3.05, 3.63) is 72.2 Å². The standard InChI is InChI=1S/C28H33N5O5/c1-19(2)13-14-29-28(35)27(22-12-11-20(36-3)16-25(22)37-4)32(17-21-8-7-15-38-21)26(34)18-33-24-10-6-5-9-23(24)30-31-33/h5-12,15-16,19,27H,13-14,17-18H2,1-4H3,(H,29,35). The van der Waals surface area contributed by atoms with Gasteiger partial charge in [-0.2, -0.15) is 0 Å². The van der Waals surface area contributed by atoms with E-state index in [2.05, 4.69) is 29.5 Å². The molecule has 0 spiro atoms. The van der Waals surface area contributed by atoms with Gasteiger partial charge in [0, 0.05) is 18.2 Å². The lowest BCUT2D eigenvalue weighted by molar-refractivity contribution is -0.142. The first-order valence-corrected chi connectivity index (χ1v) is 12.5. The first-order valence-electron chi connectivity index (χ1n) is 12.5. The number of methoxy groups -OCH3 is 2. The molecule has 0 aliphatic heterocycles. The molecule has 0 saturated heterocycles. The summed E-state index contributed by atoms with van der Waals surface area (Å²) in [6, 6.07) is 15.1. The van der Waals surface area contributed by atoms with Crippen LogP contribution in [0.15, 0.2) is 65.3 Å². The van der Waals surface area contributed by atoms with E-state index in [0.717, 1.165) is 11.9 Å². The number of benzene rings is 2. The molecular formula is C28H33N5O5. The van der Waals surface area contributed by atoms with E-state index in [1.165, 1.54) is 23.0 Å². The molecule has 0 saturated carbocycles. The Morgan fingerprint density at radius 2 is 1.89 bits per heavy atom. The van der Waals surface area contributed by atoms with Crippen LogP contribution in [-0.2, 0) is 22.7 Å². The predicted octanol–water partition coefficient (Wildman–Crippen LogP) is 3.97. The molecule has 0 aliphatic carbocycles. The van der Waals surface area contributed by atoms with Crippen molar-refractivity contribution < 1.29 is 23.5 Å². The lowest BCUT2D eigenvalue weighted by Gasteiger charge is -2.32. The van der Waals surface area contributed by atoms with Crippen molar-refractivity contribution >= 4 is 22.8 Å². The molecule has 1 atom stereocenters. The summed E-state index contributed by atoms with van der Waals surface area (Å²) in [5.41, 5.74) is 1.93. The predicted molar refractivity (Wildman–Crippen MR) is 142 cm³/mol. The van der Waals surface area contributed by atoms with E-state index in [0.29, 0.717) is 40.8 Å². The second-order valence-corrected chi connectivity index (χ2v) is 9.32. The zero-order chi connectivity index (χ0) is 27.1. The molecule has 0 radical (unpaired) electrons. The Hall–Kier alpha value is -4.34. The summed E-state index contributed by atoms with van der Waals surface area (Å²) in [5, 5.41) is 11.3. The van der Waals surface area contributed by atoms with E-state index in [-0.39, 0.29) is 24.9 Å². The Morgan fingerprint density at radius 3 is 2.61 bits per heavy atom. The van der Waals surface area contributed by atoms with E-state index < -0.39 is 6.04 Å². The van der Waals surface area contributed by atoms with Gasteiger partial charge in [-0.05, 0) is 48.7 Å². The van der Waals surface area contributed by atoms with Crippen molar-refractivity contribution in [1.82, 2.24) is 25.2 Å². The van der Waals surface area contributed by atoms with Gasteiger partial charge in [-0.25, -0.2) is 4.68 Å². The highest BCUT2D eigenvalue weighted by molar-refractivity contribution is 5.90. The molecule has 200 valence electrons. The average Bonchev–Trinajstić information content (AvgIpc) is 3.58. The van der Waals surface area contributed by atoms with Crippen molar-refractivity contribution in [3.63, 3.8) is 0 Å². The Morgan fingerprint density at radius 1 is 1.08 bits per heavy atom. The number of ether oxygens (including phenoxy) is 2. The van der Waals surface area contributed by atoms with E-state index in [9.17, 15) is 9.59 Å². The van der Waals surface area contributed by atoms with Crippen LogP contribution in [0.2, 0.25) is 0 Å². The largest absolute Gasteiger partial charge is 0.497 e. The number of hydrogen-bond acceptors (Lipinski definition) is 7. The van der Waals surface area contributed by atoms with Crippen molar-refractivity contribution in [2.24, 2.45) is 5.92 Å². The first kappa shape index (κ1) is 26.7. The van der Waals surface area contributed by atoms with Gasteiger partial charge in [0.05, 0.1) is 32.5 Å². The summed E-state index contributed by atoms with van der Waals surface area (Å²) in [4.78, 5) is 29.2. The van der Waals surface area contributed by atoms with Crippen LogP contribution in [0.5, 0.6) is 11.5 Å². The summed E-state index contributed by atoms with van der Waals surface area (Å²) in [6.07, 6.45) is 2.34. The smallest absolute Gasteiger partial charge is 0.247 e. The maximum absolute atomic E-state index is 14.0. The molecule has 2 amide bonds. The number of carbonyl (C=O) groups excluding carboxylic acids is 2. The number of aromatic nitrogens is 3. The van der Waals surface area contributed by atoms with E-state index in [4.69, 9.17) is 13.9 Å². The van der Waals surface area contributed by atoms with Gasteiger partial charge in [-0.3, -0.25) is 9.59 Å². The highest BCUT2D eigenvalue weighted by Crippen LogP contribution is 2.34. The molecule has 0 aliphatic rings. The lowest BCUT2D eigenvalue weighted by Crippen LogP contribution is -2.45. The number of nitrogens with one attached hydrogen (secondary N) is 1. The number of hydrogen-bond donors (Lipinski definition) is 1. The van der Waals surface area contributed by atoms with Gasteiger partial charge < -0.3 is 24.1 Å². The van der Waals surface area contributed by atoms with Crippen molar-refractivity contribution in [3.8, 4) is 11.5 Å². The van der Waals surface area contributed by atoms with E-state index in [1.54, 1.807) is 37.4 Å². The fraction of sp³-hybridized carbons (Fsp3) is 0.357. The highest BCUT2D eigenvalue weighted by Gasteiger charge is 2.34. The molecule has 10 heteroatoms. The Kier molecular flexibility index (Phi) is 8.62. The molecule has 4 aromatic rings. The summed E-state index contributed by atoms with van der Waals surface area (Å²) in [5.74, 6) is 1.29. The average molecular weight is 520 g/mol. The number of carbonyl (C=O) groups is 2. The number of furan rings is 1. The van der Waals surface area contributed by atoms with Gasteiger partial charge in [0.1, 0.15) is 35.4 Å². The fourth-order valence-electron chi connectivity index (χ4n) is 4.22. The van der Waals surface area contributed by atoms with Gasteiger partial charge in [-0.15, -0.1) is 5.10 Å². The summed E-state index contributed by atoms with van der Waals surface area (Å²) in [6.45, 7) is 4.60. The molecule has 0 bridgehead atoms. The Labute approximate surface area is 221 Å². The Balaban J connectivity index is 1.75. The van der Waals surface area contributed by atoms with Crippen LogP contribution in [0.25, 0.3) is 11.0 Å². The minimum atomic E-state index is -1.00. The maximum atomic E-state index is 14.0. The highest BCUT2D eigenvalue weighted by atomic mass is 16.5. The van der Waals surface area contributed by atoms with Crippen LogP contribution < -0.4 is 14.8 Å². The molecule has 38 heavy (non-hydrogen) atoms. The molecule has 0 fully saturated rings. The van der Waals surface area contributed by atoms with Gasteiger partial charge >= 0.3 is 0 Å². The maximum Gasteiger partial charge on any atom is 0.247 e. The normalized spacial score (nSPS) is 11.9. The van der Waals surface area contributed by atoms with E-state index in [1.807, 2.05) is 24.3 Å². The van der Waals surface area contributed by atoms with Crippen molar-refractivity contribution in [1.29, 1.82) is 0 Å². The summed E-state index contributed by atoms with van der Waals surface area (Å²) >= 11 is 0. The third-order valence-electron chi connectivity index (χ3n) is 6.25. The molecule has 2 aromatic carbocycles. The number of para-hydroxylation sites is 1. The van der Waals surface area contributed by atoms with Crippen LogP contribution in [0.3, 0.4) is 0 Å². The molecule has 2 aromatic heterocycles. The second-order valence-electron chi connectivity index (χ2n) is 9.32. The monoisotopic (exact) mass is 519 g/mol. The lowest BCUT2D eigenvalue weighted by atomic mass is 10.0. The molecule has 2 heterocycles. The SMILES string of the molecule is COc1ccc(C(C(=O)NCCC(C)C)N(Cc2ccco2)C(=O)Cn2nnc3ccccc32)c(OC)c1. The van der Waals surface area contributed by atoms with Gasteiger partial charge in [0.2, 0.25) is 11.8 Å². The Bertz CT molecular complexity index is 1370. The van der Waals surface area contributed by atoms with Gasteiger partial charge in [-0.1, -0.05) is 31.2 Å². The number of rotatable bonds is 12. The first-order chi connectivity index (χ1) is 18.4. The molecule has 10 nitrogen and oxygen atoms in total. The van der Waals surface area contributed by atoms with Crippen LogP contribution in [-0.4, -0.2) is 52.5 Å². The van der Waals surface area contributed by atoms with E-state index >= 15 is 0 Å². The third kappa shape index (κ3) is 6.13. The summed E-state index contributed by atoms with van der Waals surface area (Å²) in [7, 11) is 3.08. The summed E-state index contributed by atoms with van der Waals surface area (Å²) < 4.78 is 18.1. The second kappa shape index (κ2) is 12.3. The number of amides is 2. The minimum Gasteiger partial charge on any atom is -0.497 e. The zero-order valence-electron chi connectivity index (χ0n) is 22.1. The van der Waals surface area contributed by atoms with Crippen molar-refractivity contribution in [2.45, 2.75) is 39.4 Å². The van der Waals surface area contributed by atoms with Gasteiger partial charge in [0.25, 0.3) is 0 Å². The van der Waals surface area contributed by atoms with Crippen LogP contribution in [0.4, 0.5) is 0 Å². The topological polar surface area (TPSA) is 112 Å². The minimum absolute atomic E-state index is 0.0654. The molecular weight excluding hydrogens is 486 g/mol. The quantitative estimate of drug-likeness (QED) is 0.301. The number of nitrogens with zero attached hydrogens (tertiary/aromatic N) is 4. The fourth-order valence-corrected chi connectivity index (χ4v) is 4.22. The zero-order valence-corrected chi connectivity index (χ0v) is 22.1. The van der Waals surface area contributed by atoms with Crippen molar-refractivity contribution in [2.75, 3.05) is 20.8 Å².